The van der Waals surface area contributed by atoms with Crippen molar-refractivity contribution in [2.75, 3.05) is 0 Å². The Morgan fingerprint density at radius 2 is 1.67 bits per heavy atom. The van der Waals surface area contributed by atoms with Crippen molar-refractivity contribution in [2.45, 2.75) is 12.5 Å². The second-order valence-electron chi connectivity index (χ2n) is 4.30. The van der Waals surface area contributed by atoms with Crippen molar-refractivity contribution in [1.29, 1.82) is 0 Å². The Balaban J connectivity index is 1.64. The summed E-state index contributed by atoms with van der Waals surface area (Å²) in [5.74, 6) is 1.71. The molecule has 1 unspecified atom stereocenters. The molecule has 2 aromatic carbocycles. The van der Waals surface area contributed by atoms with Crippen LogP contribution in [0.2, 0.25) is 5.02 Å². The molecule has 0 spiro atoms. The van der Waals surface area contributed by atoms with E-state index in [1.54, 1.807) is 12.1 Å². The second kappa shape index (κ2) is 4.62. The van der Waals surface area contributed by atoms with E-state index in [-0.39, 0.29) is 11.9 Å². The number of benzene rings is 2. The Bertz CT molecular complexity index is 535. The molecule has 1 atom stereocenters. The van der Waals surface area contributed by atoms with E-state index in [2.05, 4.69) is 0 Å². The molecule has 2 aromatic rings. The van der Waals surface area contributed by atoms with Crippen molar-refractivity contribution in [3.63, 3.8) is 0 Å². The third-order valence-electron chi connectivity index (χ3n) is 2.94. The van der Waals surface area contributed by atoms with Gasteiger partial charge in [-0.25, -0.2) is 4.39 Å². The Labute approximate surface area is 110 Å². The fourth-order valence-electron chi connectivity index (χ4n) is 1.90. The van der Waals surface area contributed by atoms with Crippen LogP contribution in [0.15, 0.2) is 48.5 Å². The fourth-order valence-corrected chi connectivity index (χ4v) is 2.02. The highest BCUT2D eigenvalue weighted by Gasteiger charge is 2.41. The lowest BCUT2D eigenvalue weighted by Gasteiger charge is -2.05. The van der Waals surface area contributed by atoms with Crippen LogP contribution in [0.3, 0.4) is 0 Å². The van der Waals surface area contributed by atoms with E-state index in [9.17, 15) is 4.39 Å². The van der Waals surface area contributed by atoms with Gasteiger partial charge < -0.3 is 4.74 Å². The normalized spacial score (nSPS) is 18.7. The van der Waals surface area contributed by atoms with Crippen LogP contribution in [0, 0.1) is 11.7 Å². The Kier molecular flexibility index (Phi) is 2.96. The summed E-state index contributed by atoms with van der Waals surface area (Å²) < 4.78 is 18.5. The van der Waals surface area contributed by atoms with Gasteiger partial charge in [-0.05, 0) is 48.4 Å². The molecule has 1 saturated carbocycles. The Morgan fingerprint density at radius 1 is 1.00 bits per heavy atom. The first-order valence-electron chi connectivity index (χ1n) is 5.76. The molecule has 1 radical (unpaired) electrons. The van der Waals surface area contributed by atoms with E-state index >= 15 is 0 Å². The minimum Gasteiger partial charge on any atom is -0.489 e. The predicted octanol–water partition coefficient (Wildman–Crippen LogP) is 4.25. The molecule has 91 valence electrons. The van der Waals surface area contributed by atoms with Crippen LogP contribution in [0.5, 0.6) is 5.75 Å². The maximum atomic E-state index is 12.7. The van der Waals surface area contributed by atoms with Gasteiger partial charge in [-0.1, -0.05) is 23.7 Å². The molecule has 0 bridgehead atoms. The smallest absolute Gasteiger partial charge is 0.123 e. The molecule has 1 nitrogen and oxygen atoms in total. The van der Waals surface area contributed by atoms with Crippen LogP contribution in [0.4, 0.5) is 4.39 Å². The summed E-state index contributed by atoms with van der Waals surface area (Å²) in [4.78, 5) is 0. The first-order valence-corrected chi connectivity index (χ1v) is 6.14. The van der Waals surface area contributed by atoms with Crippen LogP contribution in [0.25, 0.3) is 0 Å². The average Bonchev–Trinajstić information content (AvgIpc) is 3.12. The summed E-state index contributed by atoms with van der Waals surface area (Å²) in [6.45, 7) is 0. The van der Waals surface area contributed by atoms with Crippen LogP contribution in [-0.2, 0) is 0 Å². The molecule has 3 rings (SSSR count). The molecular formula is C15H11ClFO. The molecule has 0 amide bonds. The minimum atomic E-state index is -0.250. The SMILES string of the molecule is Fc1ccc(OC2C[C]2c2ccc(Cl)cc2)cc1. The van der Waals surface area contributed by atoms with Gasteiger partial charge >= 0.3 is 0 Å². The van der Waals surface area contributed by atoms with Crippen molar-refractivity contribution in [3.8, 4) is 5.75 Å². The number of ether oxygens (including phenoxy) is 1. The van der Waals surface area contributed by atoms with Crippen molar-refractivity contribution >= 4 is 11.6 Å². The topological polar surface area (TPSA) is 9.23 Å². The third kappa shape index (κ3) is 2.49. The predicted molar refractivity (Wildman–Crippen MR) is 69.2 cm³/mol. The van der Waals surface area contributed by atoms with Gasteiger partial charge in [-0.2, -0.15) is 0 Å². The lowest BCUT2D eigenvalue weighted by molar-refractivity contribution is 0.309. The summed E-state index contributed by atoms with van der Waals surface area (Å²) in [6.07, 6.45) is 1.02. The van der Waals surface area contributed by atoms with Gasteiger partial charge in [0.25, 0.3) is 0 Å². The zero-order valence-corrected chi connectivity index (χ0v) is 10.3. The lowest BCUT2D eigenvalue weighted by Crippen LogP contribution is -2.00. The van der Waals surface area contributed by atoms with Gasteiger partial charge in [0.2, 0.25) is 0 Å². The molecule has 0 aromatic heterocycles. The molecule has 1 aliphatic rings. The van der Waals surface area contributed by atoms with Gasteiger partial charge in [-0.15, -0.1) is 0 Å². The van der Waals surface area contributed by atoms with Gasteiger partial charge in [-0.3, -0.25) is 0 Å². The molecule has 0 N–H and O–H groups in total. The summed E-state index contributed by atoms with van der Waals surface area (Å²) in [5, 5.41) is 0.732. The summed E-state index contributed by atoms with van der Waals surface area (Å²) in [6, 6.07) is 13.8. The first kappa shape index (κ1) is 11.5. The van der Waals surface area contributed by atoms with E-state index in [4.69, 9.17) is 16.3 Å². The molecule has 3 heteroatoms. The van der Waals surface area contributed by atoms with E-state index < -0.39 is 0 Å². The molecule has 0 aliphatic heterocycles. The monoisotopic (exact) mass is 261 g/mol. The highest BCUT2D eigenvalue weighted by molar-refractivity contribution is 6.30. The van der Waals surface area contributed by atoms with Gasteiger partial charge in [0.15, 0.2) is 0 Å². The van der Waals surface area contributed by atoms with E-state index in [0.717, 1.165) is 17.0 Å². The maximum Gasteiger partial charge on any atom is 0.123 e. The van der Waals surface area contributed by atoms with Gasteiger partial charge in [0.1, 0.15) is 17.7 Å². The zero-order chi connectivity index (χ0) is 12.5. The quantitative estimate of drug-likeness (QED) is 0.802. The first-order chi connectivity index (χ1) is 8.72. The summed E-state index contributed by atoms with van der Waals surface area (Å²) in [7, 11) is 0. The van der Waals surface area contributed by atoms with E-state index in [1.165, 1.54) is 18.1 Å². The summed E-state index contributed by atoms with van der Waals surface area (Å²) in [5.41, 5.74) is 1.16. The second-order valence-corrected chi connectivity index (χ2v) is 4.73. The maximum absolute atomic E-state index is 12.7. The van der Waals surface area contributed by atoms with Crippen LogP contribution in [-0.4, -0.2) is 6.10 Å². The minimum absolute atomic E-state index is 0.108. The number of hydrogen-bond acceptors (Lipinski definition) is 1. The highest BCUT2D eigenvalue weighted by Crippen LogP contribution is 2.42. The zero-order valence-electron chi connectivity index (χ0n) is 9.57. The lowest BCUT2D eigenvalue weighted by atomic mass is 10.1. The standard InChI is InChI=1S/C15H11ClFO/c16-11-3-1-10(2-4-11)14-9-15(14)18-13-7-5-12(17)6-8-13/h1-8,15H,9H2. The average molecular weight is 262 g/mol. The highest BCUT2D eigenvalue weighted by atomic mass is 35.5. The van der Waals surface area contributed by atoms with Crippen molar-refractivity contribution in [1.82, 2.24) is 0 Å². The van der Waals surface area contributed by atoms with Crippen LogP contribution in [0.1, 0.15) is 12.0 Å². The molecule has 0 heterocycles. The molecule has 1 fully saturated rings. The molecule has 0 saturated heterocycles. The van der Waals surface area contributed by atoms with Gasteiger partial charge in [0.05, 0.1) is 0 Å². The summed E-state index contributed by atoms with van der Waals surface area (Å²) >= 11 is 5.84. The van der Waals surface area contributed by atoms with Crippen molar-refractivity contribution in [2.24, 2.45) is 0 Å². The van der Waals surface area contributed by atoms with E-state index in [1.807, 2.05) is 24.3 Å². The fraction of sp³-hybridized carbons (Fsp3) is 0.133. The Morgan fingerprint density at radius 3 is 2.33 bits per heavy atom. The van der Waals surface area contributed by atoms with Crippen molar-refractivity contribution < 1.29 is 9.13 Å². The van der Waals surface area contributed by atoms with Crippen LogP contribution >= 0.6 is 11.6 Å². The van der Waals surface area contributed by atoms with Crippen LogP contribution < -0.4 is 4.74 Å². The largest absolute Gasteiger partial charge is 0.489 e. The van der Waals surface area contributed by atoms with E-state index in [0.29, 0.717) is 5.75 Å². The van der Waals surface area contributed by atoms with Crippen molar-refractivity contribution in [3.05, 3.63) is 70.9 Å². The van der Waals surface area contributed by atoms with Gasteiger partial charge in [0, 0.05) is 10.9 Å². The number of hydrogen-bond donors (Lipinski definition) is 0. The number of halogens is 2. The molecule has 18 heavy (non-hydrogen) atoms. The molecule has 1 aliphatic carbocycles. The Hall–Kier alpha value is -1.54. The molecular weight excluding hydrogens is 251 g/mol. The number of rotatable bonds is 3. The third-order valence-corrected chi connectivity index (χ3v) is 3.19.